The smallest absolute Gasteiger partial charge is 0.271 e. The van der Waals surface area contributed by atoms with Crippen LogP contribution < -0.4 is 10.9 Å². The summed E-state index contributed by atoms with van der Waals surface area (Å²) >= 11 is 0. The topological polar surface area (TPSA) is 79.8 Å². The van der Waals surface area contributed by atoms with Crippen molar-refractivity contribution in [1.29, 1.82) is 0 Å². The van der Waals surface area contributed by atoms with E-state index < -0.39 is 0 Å². The standard InChI is InChI=1S/C15H18N4O2/c1-9-7-11(10(2)19(9)12-3-4-12)8-16-15(21)13-5-6-14(20)18-17-13/h5-7,12H,3-4,8H2,1-2H3,(H,16,21)(H,18,20). The quantitative estimate of drug-likeness (QED) is 0.892. The van der Waals surface area contributed by atoms with Crippen LogP contribution in [0.1, 0.15) is 46.3 Å². The third-order valence-electron chi connectivity index (χ3n) is 3.85. The van der Waals surface area contributed by atoms with Crippen LogP contribution in [0.3, 0.4) is 0 Å². The van der Waals surface area contributed by atoms with E-state index in [2.05, 4.69) is 40.0 Å². The molecule has 2 N–H and O–H groups in total. The molecule has 3 rings (SSSR count). The van der Waals surface area contributed by atoms with Gasteiger partial charge < -0.3 is 9.88 Å². The monoisotopic (exact) mass is 286 g/mol. The number of hydrogen-bond acceptors (Lipinski definition) is 3. The predicted molar refractivity (Wildman–Crippen MR) is 78.2 cm³/mol. The van der Waals surface area contributed by atoms with Gasteiger partial charge in [-0.3, -0.25) is 9.59 Å². The van der Waals surface area contributed by atoms with Crippen LogP contribution >= 0.6 is 0 Å². The van der Waals surface area contributed by atoms with Gasteiger partial charge in [0.2, 0.25) is 0 Å². The minimum Gasteiger partial charge on any atom is -0.346 e. The first-order valence-electron chi connectivity index (χ1n) is 7.07. The third kappa shape index (κ3) is 2.74. The highest BCUT2D eigenvalue weighted by Crippen LogP contribution is 2.38. The summed E-state index contributed by atoms with van der Waals surface area (Å²) in [5.74, 6) is -0.289. The van der Waals surface area contributed by atoms with Crippen LogP contribution in [0.2, 0.25) is 0 Å². The van der Waals surface area contributed by atoms with Gasteiger partial charge in [-0.25, -0.2) is 5.10 Å². The Hall–Kier alpha value is -2.37. The fourth-order valence-corrected chi connectivity index (χ4v) is 2.66. The number of nitrogens with zero attached hydrogens (tertiary/aromatic N) is 2. The molecule has 2 heterocycles. The molecular formula is C15H18N4O2. The number of hydrogen-bond donors (Lipinski definition) is 2. The third-order valence-corrected chi connectivity index (χ3v) is 3.85. The zero-order valence-corrected chi connectivity index (χ0v) is 12.1. The van der Waals surface area contributed by atoms with Crippen molar-refractivity contribution in [2.24, 2.45) is 0 Å². The Morgan fingerprint density at radius 1 is 1.43 bits per heavy atom. The van der Waals surface area contributed by atoms with Gasteiger partial charge >= 0.3 is 0 Å². The molecule has 1 saturated carbocycles. The van der Waals surface area contributed by atoms with Gasteiger partial charge in [-0.1, -0.05) is 0 Å². The van der Waals surface area contributed by atoms with Crippen molar-refractivity contribution >= 4 is 5.91 Å². The predicted octanol–water partition coefficient (Wildman–Crippen LogP) is 1.45. The Balaban J connectivity index is 1.70. The van der Waals surface area contributed by atoms with E-state index >= 15 is 0 Å². The maximum Gasteiger partial charge on any atom is 0.271 e. The minimum atomic E-state index is -0.320. The molecule has 1 aliphatic rings. The van der Waals surface area contributed by atoms with E-state index in [1.165, 1.54) is 36.4 Å². The summed E-state index contributed by atoms with van der Waals surface area (Å²) in [4.78, 5) is 22.9. The van der Waals surface area contributed by atoms with Crippen molar-refractivity contribution in [2.45, 2.75) is 39.3 Å². The number of aromatic nitrogens is 3. The summed E-state index contributed by atoms with van der Waals surface area (Å²) in [6.45, 7) is 4.65. The van der Waals surface area contributed by atoms with Crippen molar-refractivity contribution in [3.63, 3.8) is 0 Å². The average Bonchev–Trinajstić information content (AvgIpc) is 3.24. The zero-order valence-electron chi connectivity index (χ0n) is 12.1. The second-order valence-corrected chi connectivity index (χ2v) is 5.49. The summed E-state index contributed by atoms with van der Waals surface area (Å²) < 4.78 is 2.35. The molecule has 1 fully saturated rings. The van der Waals surface area contributed by atoms with E-state index in [-0.39, 0.29) is 17.2 Å². The van der Waals surface area contributed by atoms with Crippen molar-refractivity contribution < 1.29 is 4.79 Å². The lowest BCUT2D eigenvalue weighted by atomic mass is 10.2. The maximum absolute atomic E-state index is 12.0. The van der Waals surface area contributed by atoms with Crippen LogP contribution in [-0.2, 0) is 6.54 Å². The number of aryl methyl sites for hydroxylation is 1. The van der Waals surface area contributed by atoms with Gasteiger partial charge in [0, 0.05) is 30.0 Å². The molecule has 0 unspecified atom stereocenters. The van der Waals surface area contributed by atoms with Gasteiger partial charge in [0.25, 0.3) is 11.5 Å². The highest BCUT2D eigenvalue weighted by molar-refractivity contribution is 5.91. The molecule has 0 aliphatic heterocycles. The number of nitrogens with one attached hydrogen (secondary N) is 2. The van der Waals surface area contributed by atoms with Crippen molar-refractivity contribution in [1.82, 2.24) is 20.1 Å². The van der Waals surface area contributed by atoms with E-state index in [4.69, 9.17) is 0 Å². The fourth-order valence-electron chi connectivity index (χ4n) is 2.66. The molecule has 6 heteroatoms. The number of carbonyl (C=O) groups is 1. The maximum atomic E-state index is 12.0. The first kappa shape index (κ1) is 13.6. The number of carbonyl (C=O) groups excluding carboxylic acids is 1. The Morgan fingerprint density at radius 3 is 2.81 bits per heavy atom. The lowest BCUT2D eigenvalue weighted by Crippen LogP contribution is -2.25. The Morgan fingerprint density at radius 2 is 2.19 bits per heavy atom. The van der Waals surface area contributed by atoms with Gasteiger partial charge in [0.15, 0.2) is 0 Å². The Labute approximate surface area is 122 Å². The van der Waals surface area contributed by atoms with Crippen LogP contribution in [0.4, 0.5) is 0 Å². The van der Waals surface area contributed by atoms with Gasteiger partial charge in [-0.2, -0.15) is 5.10 Å². The van der Waals surface area contributed by atoms with Crippen LogP contribution in [0.5, 0.6) is 0 Å². The van der Waals surface area contributed by atoms with Gasteiger partial charge in [-0.05, 0) is 44.4 Å². The zero-order chi connectivity index (χ0) is 15.0. The minimum absolute atomic E-state index is 0.214. The first-order valence-corrected chi connectivity index (χ1v) is 7.07. The molecule has 6 nitrogen and oxygen atoms in total. The second kappa shape index (κ2) is 5.20. The number of aromatic amines is 1. The summed E-state index contributed by atoms with van der Waals surface area (Å²) in [5, 5.41) is 8.81. The summed E-state index contributed by atoms with van der Waals surface area (Å²) in [7, 11) is 0. The SMILES string of the molecule is Cc1cc(CNC(=O)c2ccc(=O)[nH]n2)c(C)n1C1CC1. The highest BCUT2D eigenvalue weighted by atomic mass is 16.2. The molecule has 0 aromatic carbocycles. The van der Waals surface area contributed by atoms with Crippen molar-refractivity contribution in [2.75, 3.05) is 0 Å². The lowest BCUT2D eigenvalue weighted by Gasteiger charge is -2.08. The normalized spacial score (nSPS) is 14.2. The van der Waals surface area contributed by atoms with Gasteiger partial charge in [0.05, 0.1) is 0 Å². The number of H-pyrrole nitrogens is 1. The molecule has 0 spiro atoms. The number of rotatable bonds is 4. The molecule has 110 valence electrons. The molecular weight excluding hydrogens is 268 g/mol. The lowest BCUT2D eigenvalue weighted by molar-refractivity contribution is 0.0944. The molecule has 0 atom stereocenters. The van der Waals surface area contributed by atoms with E-state index in [0.717, 1.165) is 5.56 Å². The van der Waals surface area contributed by atoms with Crippen LogP contribution in [0.25, 0.3) is 0 Å². The number of amides is 1. The molecule has 2 aromatic heterocycles. The van der Waals surface area contributed by atoms with E-state index in [1.54, 1.807) is 0 Å². The van der Waals surface area contributed by atoms with Gasteiger partial charge in [0.1, 0.15) is 5.69 Å². The van der Waals surface area contributed by atoms with Crippen LogP contribution in [0.15, 0.2) is 23.0 Å². The van der Waals surface area contributed by atoms with Gasteiger partial charge in [-0.15, -0.1) is 0 Å². The van der Waals surface area contributed by atoms with Crippen LogP contribution in [-0.4, -0.2) is 20.7 Å². The molecule has 0 saturated heterocycles. The van der Waals surface area contributed by atoms with Crippen molar-refractivity contribution in [3.8, 4) is 0 Å². The molecule has 21 heavy (non-hydrogen) atoms. The first-order chi connectivity index (χ1) is 10.1. The van der Waals surface area contributed by atoms with E-state index in [1.807, 2.05) is 0 Å². The molecule has 1 amide bonds. The van der Waals surface area contributed by atoms with E-state index in [9.17, 15) is 9.59 Å². The summed E-state index contributed by atoms with van der Waals surface area (Å²) in [6, 6.07) is 5.46. The molecule has 2 aromatic rings. The Bertz CT molecular complexity index is 720. The van der Waals surface area contributed by atoms with E-state index in [0.29, 0.717) is 12.6 Å². The summed E-state index contributed by atoms with van der Waals surface area (Å²) in [5.41, 5.74) is 3.47. The molecule has 1 aliphatic carbocycles. The second-order valence-electron chi connectivity index (χ2n) is 5.49. The average molecular weight is 286 g/mol. The Kier molecular flexibility index (Phi) is 3.37. The van der Waals surface area contributed by atoms with Crippen LogP contribution in [0, 0.1) is 13.8 Å². The molecule has 0 radical (unpaired) electrons. The highest BCUT2D eigenvalue weighted by Gasteiger charge is 2.26. The fraction of sp³-hybridized carbons (Fsp3) is 0.400. The largest absolute Gasteiger partial charge is 0.346 e. The summed E-state index contributed by atoms with van der Waals surface area (Å²) in [6.07, 6.45) is 2.48. The van der Waals surface area contributed by atoms with Crippen molar-refractivity contribution in [3.05, 3.63) is 51.2 Å². The molecule has 0 bridgehead atoms.